The monoisotopic (exact) mass is 603 g/mol. The zero-order chi connectivity index (χ0) is 35.5. The molecule has 0 aliphatic heterocycles. The van der Waals surface area contributed by atoms with Crippen LogP contribution < -0.4 is 0 Å². The third-order valence-corrected chi connectivity index (χ3v) is 8.89. The zero-order valence-electron chi connectivity index (χ0n) is 30.3. The van der Waals surface area contributed by atoms with Gasteiger partial charge in [-0.25, -0.2) is 4.98 Å². The van der Waals surface area contributed by atoms with E-state index in [9.17, 15) is 0 Å². The van der Waals surface area contributed by atoms with E-state index in [4.69, 9.17) is 11.8 Å². The second kappa shape index (κ2) is 11.3. The van der Waals surface area contributed by atoms with Crippen molar-refractivity contribution in [3.8, 4) is 50.5 Å². The molecule has 1 aromatic heterocycles. The Labute approximate surface area is 280 Å². The smallest absolute Gasteiger partial charge is 0.145 e. The third-order valence-electron chi connectivity index (χ3n) is 8.89. The first-order valence-corrected chi connectivity index (χ1v) is 15.7. The van der Waals surface area contributed by atoms with Crippen molar-refractivity contribution < 1.29 is 6.85 Å². The first-order valence-electron chi connectivity index (χ1n) is 18.2. The van der Waals surface area contributed by atoms with Gasteiger partial charge in [-0.2, -0.15) is 0 Å². The Morgan fingerprint density at radius 1 is 0.426 bits per heavy atom. The summed E-state index contributed by atoms with van der Waals surface area (Å²) in [6, 6.07) is 49.7. The summed E-state index contributed by atoms with van der Waals surface area (Å²) in [4.78, 5) is 5.02. The minimum Gasteiger partial charge on any atom is -0.292 e. The lowest BCUT2D eigenvalue weighted by Gasteiger charge is -2.19. The first kappa shape index (κ1) is 22.3. The van der Waals surface area contributed by atoms with Gasteiger partial charge in [0.1, 0.15) is 5.82 Å². The molecule has 0 aliphatic rings. The van der Waals surface area contributed by atoms with Crippen LogP contribution in [-0.2, 0) is 0 Å². The van der Waals surface area contributed by atoms with Gasteiger partial charge >= 0.3 is 0 Å². The number of nitrogens with zero attached hydrogens (tertiary/aromatic N) is 2. The van der Waals surface area contributed by atoms with E-state index in [1.165, 1.54) is 0 Å². The molecule has 0 radical (unpaired) electrons. The molecule has 0 fully saturated rings. The van der Waals surface area contributed by atoms with Gasteiger partial charge in [-0.3, -0.25) is 4.57 Å². The van der Waals surface area contributed by atoms with Gasteiger partial charge in [0.15, 0.2) is 0 Å². The fourth-order valence-corrected chi connectivity index (χ4v) is 6.79. The second-order valence-corrected chi connectivity index (χ2v) is 11.6. The van der Waals surface area contributed by atoms with Gasteiger partial charge in [0, 0.05) is 11.3 Å². The van der Waals surface area contributed by atoms with Crippen LogP contribution in [0.25, 0.3) is 83.0 Å². The van der Waals surface area contributed by atoms with Crippen molar-refractivity contribution in [3.63, 3.8) is 0 Å². The van der Waals surface area contributed by atoms with Crippen molar-refractivity contribution in [2.45, 2.75) is 0 Å². The Morgan fingerprint density at radius 2 is 1.00 bits per heavy atom. The molecule has 2 nitrogen and oxygen atoms in total. The molecule has 0 aliphatic carbocycles. The summed E-state index contributed by atoms with van der Waals surface area (Å²) in [7, 11) is 0. The zero-order valence-corrected chi connectivity index (χ0v) is 25.3. The lowest BCUT2D eigenvalue weighted by atomic mass is 9.85. The predicted octanol–water partition coefficient (Wildman–Crippen LogP) is 12.0. The molecule has 9 rings (SSSR count). The molecule has 0 spiro atoms. The lowest BCUT2D eigenvalue weighted by Crippen LogP contribution is -1.98. The van der Waals surface area contributed by atoms with Gasteiger partial charge < -0.3 is 0 Å². The second-order valence-electron chi connectivity index (χ2n) is 11.6. The van der Waals surface area contributed by atoms with Crippen LogP contribution in [0.5, 0.6) is 0 Å². The number of rotatable bonds is 5. The van der Waals surface area contributed by atoms with Crippen LogP contribution in [-0.4, -0.2) is 9.55 Å². The molecule has 0 saturated carbocycles. The molecule has 8 aromatic carbocycles. The Kier molecular flexibility index (Phi) is 5.35. The highest BCUT2D eigenvalue weighted by Crippen LogP contribution is 2.45. The topological polar surface area (TPSA) is 17.8 Å². The predicted molar refractivity (Wildman–Crippen MR) is 198 cm³/mol. The first-order chi connectivity index (χ1) is 25.4. The molecule has 0 N–H and O–H groups in total. The normalized spacial score (nSPS) is 12.9. The Bertz CT molecular complexity index is 2800. The van der Waals surface area contributed by atoms with E-state index in [0.717, 1.165) is 71.9 Å². The van der Waals surface area contributed by atoms with E-state index in [-0.39, 0.29) is 29.7 Å². The van der Waals surface area contributed by atoms with E-state index in [0.29, 0.717) is 5.56 Å². The van der Waals surface area contributed by atoms with Crippen molar-refractivity contribution in [1.29, 1.82) is 0 Å². The van der Waals surface area contributed by atoms with Crippen LogP contribution in [0.4, 0.5) is 0 Å². The Morgan fingerprint density at radius 3 is 1.72 bits per heavy atom. The maximum absolute atomic E-state index is 9.01. The highest BCUT2D eigenvalue weighted by atomic mass is 15.1. The standard InChI is InChI=1S/C45H30N2/c1-4-14-31(15-5-1)35-26-29-39-40(30-35)44(32-16-6-2-7-17-32)38-21-11-10-20-37(38)43(39)33-24-27-36(28-25-33)47-42-23-13-12-22-41(42)46-45(47)34-18-8-3-9-19-34/h1-30H/i2D,6D,7D,16D,17D. The van der Waals surface area contributed by atoms with Gasteiger partial charge in [0.05, 0.1) is 17.9 Å². The highest BCUT2D eigenvalue weighted by Gasteiger charge is 2.19. The van der Waals surface area contributed by atoms with E-state index in [1.54, 1.807) is 0 Å². The van der Waals surface area contributed by atoms with Crippen LogP contribution in [0.2, 0.25) is 0 Å². The van der Waals surface area contributed by atoms with Crippen molar-refractivity contribution in [1.82, 2.24) is 9.55 Å². The number of fused-ring (bicyclic) bond motifs is 3. The molecular weight excluding hydrogens is 569 g/mol. The van der Waals surface area contributed by atoms with Crippen molar-refractivity contribution >= 4 is 32.6 Å². The molecule has 0 bridgehead atoms. The minimum absolute atomic E-state index is 0.194. The number of para-hydroxylation sites is 2. The summed E-state index contributed by atoms with van der Waals surface area (Å²) < 4.78 is 45.6. The lowest BCUT2D eigenvalue weighted by molar-refractivity contribution is 1.10. The molecule has 0 unspecified atom stereocenters. The van der Waals surface area contributed by atoms with Crippen molar-refractivity contribution in [2.75, 3.05) is 0 Å². The molecule has 0 saturated heterocycles. The van der Waals surface area contributed by atoms with Gasteiger partial charge in [0.25, 0.3) is 0 Å². The Balaban J connectivity index is 1.32. The van der Waals surface area contributed by atoms with E-state index >= 15 is 0 Å². The summed E-state index contributed by atoms with van der Waals surface area (Å²) in [5.74, 6) is 0.863. The fourth-order valence-electron chi connectivity index (χ4n) is 6.79. The summed E-state index contributed by atoms with van der Waals surface area (Å²) in [5, 5.41) is 3.47. The average Bonchev–Trinajstić information content (AvgIpc) is 3.59. The van der Waals surface area contributed by atoms with Crippen molar-refractivity contribution in [2.24, 2.45) is 0 Å². The van der Waals surface area contributed by atoms with Crippen molar-refractivity contribution in [3.05, 3.63) is 182 Å². The summed E-state index contributed by atoms with van der Waals surface area (Å²) >= 11 is 0. The van der Waals surface area contributed by atoms with E-state index in [1.807, 2.05) is 72.8 Å². The number of benzene rings is 8. The largest absolute Gasteiger partial charge is 0.292 e. The number of aromatic nitrogens is 2. The van der Waals surface area contributed by atoms with Crippen LogP contribution in [0.3, 0.4) is 0 Å². The van der Waals surface area contributed by atoms with Crippen LogP contribution in [0, 0.1) is 0 Å². The molecule has 2 heteroatoms. The number of imidazole rings is 1. The molecular formula is C45H30N2. The van der Waals surface area contributed by atoms with Gasteiger partial charge in [-0.05, 0) is 85.3 Å². The summed E-state index contributed by atoms with van der Waals surface area (Å²) in [5.41, 5.74) is 8.75. The van der Waals surface area contributed by atoms with Gasteiger partial charge in [0.2, 0.25) is 0 Å². The maximum Gasteiger partial charge on any atom is 0.145 e. The third kappa shape index (κ3) is 4.62. The summed E-state index contributed by atoms with van der Waals surface area (Å²) in [6.45, 7) is 0. The summed E-state index contributed by atoms with van der Waals surface area (Å²) in [6.07, 6.45) is 0. The molecule has 0 atom stereocenters. The Hall–Kier alpha value is -6.25. The molecule has 9 aromatic rings. The molecule has 47 heavy (non-hydrogen) atoms. The number of hydrogen-bond donors (Lipinski definition) is 0. The fraction of sp³-hybridized carbons (Fsp3) is 0. The number of hydrogen-bond acceptors (Lipinski definition) is 1. The quantitative estimate of drug-likeness (QED) is 0.179. The highest BCUT2D eigenvalue weighted by molar-refractivity contribution is 6.22. The van der Waals surface area contributed by atoms with Crippen LogP contribution >= 0.6 is 0 Å². The average molecular weight is 604 g/mol. The molecule has 220 valence electrons. The minimum atomic E-state index is -0.407. The van der Waals surface area contributed by atoms with E-state index in [2.05, 4.69) is 83.4 Å². The van der Waals surface area contributed by atoms with Crippen LogP contribution in [0.1, 0.15) is 6.85 Å². The molecule has 0 amide bonds. The van der Waals surface area contributed by atoms with E-state index < -0.39 is 6.04 Å². The van der Waals surface area contributed by atoms with Gasteiger partial charge in [-0.15, -0.1) is 0 Å². The maximum atomic E-state index is 9.01. The van der Waals surface area contributed by atoms with Gasteiger partial charge in [-0.1, -0.05) is 152 Å². The SMILES string of the molecule is [2H]c1c([2H])c([2H])c(-c2c3ccccc3c(-c3ccc(-n4c(-c5ccccc5)nc5ccccc54)cc3)c3ccc(-c4ccccc4)cc23)c([2H])c1[2H]. The van der Waals surface area contributed by atoms with Crippen LogP contribution in [0.15, 0.2) is 182 Å². The molecule has 1 heterocycles.